The SMILES string of the molecule is CC(=O)/C=C1/CCCC1C=O. The Bertz CT molecular complexity index is 204. The van der Waals surface area contributed by atoms with Crippen LogP contribution in [0.15, 0.2) is 11.6 Å². The molecule has 0 N–H and O–H groups in total. The van der Waals surface area contributed by atoms with E-state index in [0.717, 1.165) is 31.1 Å². The summed E-state index contributed by atoms with van der Waals surface area (Å²) in [7, 11) is 0. The van der Waals surface area contributed by atoms with Gasteiger partial charge in [0, 0.05) is 5.92 Å². The molecule has 1 aliphatic rings. The third-order valence-corrected chi connectivity index (χ3v) is 2.01. The Morgan fingerprint density at radius 2 is 2.36 bits per heavy atom. The van der Waals surface area contributed by atoms with Gasteiger partial charge in [-0.3, -0.25) is 4.79 Å². The van der Waals surface area contributed by atoms with Crippen molar-refractivity contribution in [3.8, 4) is 0 Å². The summed E-state index contributed by atoms with van der Waals surface area (Å²) in [5.74, 6) is 0.0765. The second-order valence-corrected chi connectivity index (χ2v) is 2.96. The summed E-state index contributed by atoms with van der Waals surface area (Å²) in [6.07, 6.45) is 5.43. The number of ketones is 1. The van der Waals surface area contributed by atoms with E-state index >= 15 is 0 Å². The molecular formula is C9H12O2. The van der Waals surface area contributed by atoms with E-state index in [1.165, 1.54) is 6.92 Å². The van der Waals surface area contributed by atoms with Crippen LogP contribution in [0.2, 0.25) is 0 Å². The molecule has 1 unspecified atom stereocenters. The molecule has 0 radical (unpaired) electrons. The van der Waals surface area contributed by atoms with Crippen LogP contribution >= 0.6 is 0 Å². The van der Waals surface area contributed by atoms with E-state index in [9.17, 15) is 9.59 Å². The summed E-state index contributed by atoms with van der Waals surface area (Å²) in [4.78, 5) is 21.1. The van der Waals surface area contributed by atoms with Crippen molar-refractivity contribution in [3.05, 3.63) is 11.6 Å². The molecule has 0 aliphatic heterocycles. The van der Waals surface area contributed by atoms with Crippen molar-refractivity contribution in [1.82, 2.24) is 0 Å². The largest absolute Gasteiger partial charge is 0.303 e. The molecule has 1 fully saturated rings. The standard InChI is InChI=1S/C9H12O2/c1-7(11)5-8-3-2-4-9(8)6-10/h5-6,9H,2-4H2,1H3/b8-5-. The van der Waals surface area contributed by atoms with Crippen molar-refractivity contribution >= 4 is 12.1 Å². The van der Waals surface area contributed by atoms with Crippen LogP contribution in [-0.2, 0) is 9.59 Å². The van der Waals surface area contributed by atoms with Gasteiger partial charge in [-0.2, -0.15) is 0 Å². The Morgan fingerprint density at radius 3 is 2.91 bits per heavy atom. The van der Waals surface area contributed by atoms with E-state index < -0.39 is 0 Å². The van der Waals surface area contributed by atoms with Crippen molar-refractivity contribution in [2.75, 3.05) is 0 Å². The van der Waals surface area contributed by atoms with E-state index in [1.54, 1.807) is 6.08 Å². The molecule has 11 heavy (non-hydrogen) atoms. The molecule has 2 nitrogen and oxygen atoms in total. The second kappa shape index (κ2) is 3.46. The Morgan fingerprint density at radius 1 is 1.64 bits per heavy atom. The molecule has 0 spiro atoms. The van der Waals surface area contributed by atoms with Crippen LogP contribution in [0.25, 0.3) is 0 Å². The molecule has 1 rings (SSSR count). The zero-order valence-corrected chi connectivity index (χ0v) is 6.67. The Balaban J connectivity index is 2.70. The maximum Gasteiger partial charge on any atom is 0.152 e. The predicted octanol–water partition coefficient (Wildman–Crippen LogP) is 1.50. The third kappa shape index (κ3) is 2.00. The van der Waals surface area contributed by atoms with E-state index in [2.05, 4.69) is 0 Å². The predicted molar refractivity (Wildman–Crippen MR) is 42.2 cm³/mol. The number of allylic oxidation sites excluding steroid dienone is 2. The van der Waals surface area contributed by atoms with Gasteiger partial charge in [0.2, 0.25) is 0 Å². The number of aldehydes is 1. The highest BCUT2D eigenvalue weighted by atomic mass is 16.1. The van der Waals surface area contributed by atoms with Crippen LogP contribution in [0.3, 0.4) is 0 Å². The van der Waals surface area contributed by atoms with Gasteiger partial charge in [0.15, 0.2) is 5.78 Å². The summed E-state index contributed by atoms with van der Waals surface area (Å²) < 4.78 is 0. The molecule has 1 aliphatic carbocycles. The topological polar surface area (TPSA) is 34.1 Å². The Hall–Kier alpha value is -0.920. The van der Waals surface area contributed by atoms with Crippen molar-refractivity contribution in [2.45, 2.75) is 26.2 Å². The van der Waals surface area contributed by atoms with Gasteiger partial charge in [-0.1, -0.05) is 5.57 Å². The number of carbonyl (C=O) groups is 2. The van der Waals surface area contributed by atoms with Gasteiger partial charge in [-0.25, -0.2) is 0 Å². The highest BCUT2D eigenvalue weighted by Crippen LogP contribution is 2.28. The molecule has 1 saturated carbocycles. The van der Waals surface area contributed by atoms with Crippen LogP contribution < -0.4 is 0 Å². The zero-order chi connectivity index (χ0) is 8.27. The van der Waals surface area contributed by atoms with Gasteiger partial charge in [-0.15, -0.1) is 0 Å². The maximum absolute atomic E-state index is 10.7. The summed E-state index contributed by atoms with van der Waals surface area (Å²) in [6.45, 7) is 1.52. The lowest BCUT2D eigenvalue weighted by Gasteiger charge is -2.00. The number of hydrogen-bond donors (Lipinski definition) is 0. The first kappa shape index (κ1) is 8.18. The third-order valence-electron chi connectivity index (χ3n) is 2.01. The Labute approximate surface area is 66.3 Å². The number of carbonyl (C=O) groups excluding carboxylic acids is 2. The first-order chi connectivity index (χ1) is 5.24. The van der Waals surface area contributed by atoms with E-state index in [1.807, 2.05) is 0 Å². The summed E-state index contributed by atoms with van der Waals surface area (Å²) in [5, 5.41) is 0. The fraction of sp³-hybridized carbons (Fsp3) is 0.556. The minimum absolute atomic E-state index is 0.0268. The quantitative estimate of drug-likeness (QED) is 0.444. The van der Waals surface area contributed by atoms with Crippen LogP contribution in [0.1, 0.15) is 26.2 Å². The zero-order valence-electron chi connectivity index (χ0n) is 6.67. The number of rotatable bonds is 2. The summed E-state index contributed by atoms with van der Waals surface area (Å²) in [6, 6.07) is 0. The van der Waals surface area contributed by atoms with E-state index in [4.69, 9.17) is 0 Å². The average molecular weight is 152 g/mol. The average Bonchev–Trinajstić information content (AvgIpc) is 2.34. The maximum atomic E-state index is 10.7. The molecule has 0 amide bonds. The van der Waals surface area contributed by atoms with Crippen molar-refractivity contribution in [3.63, 3.8) is 0 Å². The molecule has 0 saturated heterocycles. The lowest BCUT2D eigenvalue weighted by atomic mass is 10.0. The minimum Gasteiger partial charge on any atom is -0.303 e. The molecule has 0 aromatic rings. The fourth-order valence-corrected chi connectivity index (χ4v) is 1.49. The fourth-order valence-electron chi connectivity index (χ4n) is 1.49. The molecule has 0 aromatic heterocycles. The molecule has 0 bridgehead atoms. The van der Waals surface area contributed by atoms with Crippen LogP contribution in [0, 0.1) is 5.92 Å². The smallest absolute Gasteiger partial charge is 0.152 e. The van der Waals surface area contributed by atoms with E-state index in [0.29, 0.717) is 0 Å². The van der Waals surface area contributed by atoms with E-state index in [-0.39, 0.29) is 11.7 Å². The first-order valence-corrected chi connectivity index (χ1v) is 3.90. The summed E-state index contributed by atoms with van der Waals surface area (Å²) in [5.41, 5.74) is 1.02. The van der Waals surface area contributed by atoms with Crippen molar-refractivity contribution < 1.29 is 9.59 Å². The molecule has 2 heteroatoms. The van der Waals surface area contributed by atoms with Gasteiger partial charge in [0.1, 0.15) is 6.29 Å². The monoisotopic (exact) mass is 152 g/mol. The summed E-state index contributed by atoms with van der Waals surface area (Å²) >= 11 is 0. The lowest BCUT2D eigenvalue weighted by molar-refractivity contribution is -0.112. The van der Waals surface area contributed by atoms with Gasteiger partial charge in [0.25, 0.3) is 0 Å². The lowest BCUT2D eigenvalue weighted by Crippen LogP contribution is -1.99. The van der Waals surface area contributed by atoms with Crippen LogP contribution in [0.5, 0.6) is 0 Å². The van der Waals surface area contributed by atoms with Gasteiger partial charge in [0.05, 0.1) is 0 Å². The van der Waals surface area contributed by atoms with Gasteiger partial charge >= 0.3 is 0 Å². The second-order valence-electron chi connectivity index (χ2n) is 2.96. The molecule has 0 aromatic carbocycles. The van der Waals surface area contributed by atoms with Gasteiger partial charge in [-0.05, 0) is 32.3 Å². The normalized spacial score (nSPS) is 27.4. The van der Waals surface area contributed by atoms with Crippen LogP contribution in [0.4, 0.5) is 0 Å². The molecular weight excluding hydrogens is 140 g/mol. The van der Waals surface area contributed by atoms with Crippen molar-refractivity contribution in [2.24, 2.45) is 5.92 Å². The first-order valence-electron chi connectivity index (χ1n) is 3.90. The van der Waals surface area contributed by atoms with Gasteiger partial charge < -0.3 is 4.79 Å². The molecule has 60 valence electrons. The molecule has 1 atom stereocenters. The minimum atomic E-state index is 0.0268. The molecule has 0 heterocycles. The highest BCUT2D eigenvalue weighted by molar-refractivity contribution is 5.88. The van der Waals surface area contributed by atoms with Crippen molar-refractivity contribution in [1.29, 1.82) is 0 Å². The van der Waals surface area contributed by atoms with Crippen LogP contribution in [-0.4, -0.2) is 12.1 Å². The number of hydrogen-bond acceptors (Lipinski definition) is 2. The highest BCUT2D eigenvalue weighted by Gasteiger charge is 2.19. The Kier molecular flexibility index (Phi) is 2.58.